The van der Waals surface area contributed by atoms with Crippen LogP contribution >= 0.6 is 0 Å². The van der Waals surface area contributed by atoms with Crippen LogP contribution in [-0.4, -0.2) is 27.4 Å². The van der Waals surface area contributed by atoms with Crippen LogP contribution in [0.15, 0.2) is 24.3 Å². The van der Waals surface area contributed by atoms with Gasteiger partial charge >= 0.3 is 6.18 Å². The molecule has 0 fully saturated rings. The summed E-state index contributed by atoms with van der Waals surface area (Å²) in [6.45, 7) is 0.651. The van der Waals surface area contributed by atoms with Crippen LogP contribution in [0.4, 0.5) is 18.9 Å². The lowest BCUT2D eigenvalue weighted by Crippen LogP contribution is -2.18. The van der Waals surface area contributed by atoms with Gasteiger partial charge in [-0.15, -0.1) is 0 Å². The number of halogens is 3. The smallest absolute Gasteiger partial charge is 0.316 e. The molecule has 114 valence electrons. The Morgan fingerprint density at radius 1 is 1.15 bits per heavy atom. The Balaban J connectivity index is 2.53. The number of sulfonamides is 1. The van der Waals surface area contributed by atoms with Crippen LogP contribution in [0.25, 0.3) is 0 Å². The summed E-state index contributed by atoms with van der Waals surface area (Å²) in [7, 11) is -1.96. The number of benzene rings is 1. The van der Waals surface area contributed by atoms with Crippen LogP contribution in [0.2, 0.25) is 0 Å². The Kier molecular flexibility index (Phi) is 5.82. The van der Waals surface area contributed by atoms with Gasteiger partial charge in [0, 0.05) is 18.7 Å². The van der Waals surface area contributed by atoms with Gasteiger partial charge in [-0.2, -0.15) is 13.2 Å². The average Bonchev–Trinajstić information content (AvgIpc) is 2.29. The third-order valence-electron chi connectivity index (χ3n) is 2.48. The van der Waals surface area contributed by atoms with Gasteiger partial charge in [0.05, 0.1) is 5.75 Å². The Labute approximate surface area is 116 Å². The summed E-state index contributed by atoms with van der Waals surface area (Å²) in [5.74, 6) is -0.551. The molecule has 0 saturated heterocycles. The molecule has 0 atom stereocenters. The van der Waals surface area contributed by atoms with Gasteiger partial charge < -0.3 is 5.32 Å². The van der Waals surface area contributed by atoms with Crippen molar-refractivity contribution in [1.82, 2.24) is 5.32 Å². The summed E-state index contributed by atoms with van der Waals surface area (Å²) < 4.78 is 61.3. The minimum Gasteiger partial charge on any atom is -0.316 e. The molecule has 1 rings (SSSR count). The van der Waals surface area contributed by atoms with Crippen LogP contribution in [0.5, 0.6) is 0 Å². The highest BCUT2D eigenvalue weighted by Crippen LogP contribution is 2.22. The fourth-order valence-corrected chi connectivity index (χ4v) is 2.71. The van der Waals surface area contributed by atoms with E-state index >= 15 is 0 Å². The maximum absolute atomic E-state index is 12.0. The summed E-state index contributed by atoms with van der Waals surface area (Å²) in [6.07, 6.45) is -5.88. The van der Waals surface area contributed by atoms with Gasteiger partial charge in [-0.1, -0.05) is 12.1 Å². The molecule has 0 aromatic heterocycles. The van der Waals surface area contributed by atoms with Crippen molar-refractivity contribution >= 4 is 15.7 Å². The number of nitrogens with one attached hydrogen (secondary N) is 2. The van der Waals surface area contributed by atoms with E-state index in [1.54, 1.807) is 31.3 Å². The topological polar surface area (TPSA) is 58.2 Å². The molecule has 0 amide bonds. The molecule has 0 saturated carbocycles. The lowest BCUT2D eigenvalue weighted by molar-refractivity contribution is -0.134. The van der Waals surface area contributed by atoms with Gasteiger partial charge in [0.2, 0.25) is 10.0 Å². The first kappa shape index (κ1) is 16.8. The van der Waals surface area contributed by atoms with Gasteiger partial charge in [-0.05, 0) is 31.2 Å². The van der Waals surface area contributed by atoms with Crippen LogP contribution in [0, 0.1) is 0 Å². The number of hydrogen-bond donors (Lipinski definition) is 2. The van der Waals surface area contributed by atoms with Gasteiger partial charge in [0.25, 0.3) is 0 Å². The van der Waals surface area contributed by atoms with Crippen LogP contribution < -0.4 is 10.0 Å². The zero-order valence-electron chi connectivity index (χ0n) is 11.0. The summed E-state index contributed by atoms with van der Waals surface area (Å²) >= 11 is 0. The predicted molar refractivity (Wildman–Crippen MR) is 71.9 cm³/mol. The van der Waals surface area contributed by atoms with Gasteiger partial charge in [-0.3, -0.25) is 4.72 Å². The summed E-state index contributed by atoms with van der Waals surface area (Å²) in [5, 5.41) is 2.95. The van der Waals surface area contributed by atoms with E-state index in [0.29, 0.717) is 12.2 Å². The molecule has 8 heteroatoms. The van der Waals surface area contributed by atoms with Crippen molar-refractivity contribution in [1.29, 1.82) is 0 Å². The monoisotopic (exact) mass is 310 g/mol. The van der Waals surface area contributed by atoms with Crippen LogP contribution in [0.1, 0.15) is 18.4 Å². The maximum atomic E-state index is 12.0. The standard InChI is InChI=1S/C12H17F3N2O2S/c1-16-9-10-3-5-11(6-4-10)17-20(18,19)8-2-7-12(13,14)15/h3-6,16-17H,2,7-9H2,1H3. The first-order chi connectivity index (χ1) is 9.22. The molecule has 20 heavy (non-hydrogen) atoms. The van der Waals surface area contributed by atoms with Crippen molar-refractivity contribution in [3.8, 4) is 0 Å². The average molecular weight is 310 g/mol. The Bertz CT molecular complexity index is 512. The van der Waals surface area contributed by atoms with Crippen molar-refractivity contribution < 1.29 is 21.6 Å². The second-order valence-corrected chi connectivity index (χ2v) is 6.21. The van der Waals surface area contributed by atoms with Crippen molar-refractivity contribution in [3.63, 3.8) is 0 Å². The lowest BCUT2D eigenvalue weighted by Gasteiger charge is -2.10. The van der Waals surface area contributed by atoms with E-state index in [1.807, 2.05) is 0 Å². The lowest BCUT2D eigenvalue weighted by atomic mass is 10.2. The molecule has 0 heterocycles. The minimum absolute atomic E-state index is 0.344. The quantitative estimate of drug-likeness (QED) is 0.813. The number of anilines is 1. The van der Waals surface area contributed by atoms with Crippen LogP contribution in [-0.2, 0) is 16.6 Å². The largest absolute Gasteiger partial charge is 0.389 e. The molecule has 0 radical (unpaired) electrons. The molecule has 1 aromatic carbocycles. The van der Waals surface area contributed by atoms with E-state index in [1.165, 1.54) is 0 Å². The minimum atomic E-state index is -4.33. The Morgan fingerprint density at radius 2 is 1.75 bits per heavy atom. The maximum Gasteiger partial charge on any atom is 0.389 e. The molecule has 0 aliphatic carbocycles. The van der Waals surface area contributed by atoms with Gasteiger partial charge in [0.15, 0.2) is 0 Å². The Morgan fingerprint density at radius 3 is 2.25 bits per heavy atom. The van der Waals surface area contributed by atoms with Crippen molar-refractivity contribution in [2.75, 3.05) is 17.5 Å². The molecule has 4 nitrogen and oxygen atoms in total. The number of hydrogen-bond acceptors (Lipinski definition) is 3. The number of alkyl halides is 3. The Hall–Kier alpha value is -1.28. The van der Waals surface area contributed by atoms with Gasteiger partial charge in [0.1, 0.15) is 0 Å². The summed E-state index contributed by atoms with van der Waals surface area (Å²) in [6, 6.07) is 6.64. The van der Waals surface area contributed by atoms with E-state index in [2.05, 4.69) is 10.0 Å². The molecule has 2 N–H and O–H groups in total. The SMILES string of the molecule is CNCc1ccc(NS(=O)(=O)CCCC(F)(F)F)cc1. The van der Waals surface area contributed by atoms with Crippen molar-refractivity contribution in [3.05, 3.63) is 29.8 Å². The van der Waals surface area contributed by atoms with E-state index in [-0.39, 0.29) is 0 Å². The first-order valence-electron chi connectivity index (χ1n) is 6.03. The summed E-state index contributed by atoms with van der Waals surface area (Å²) in [4.78, 5) is 0. The van der Waals surface area contributed by atoms with E-state index in [4.69, 9.17) is 0 Å². The zero-order chi connectivity index (χ0) is 15.2. The van der Waals surface area contributed by atoms with Gasteiger partial charge in [-0.25, -0.2) is 8.42 Å². The molecule has 0 aliphatic rings. The van der Waals surface area contributed by atoms with E-state index in [9.17, 15) is 21.6 Å². The molecule has 1 aromatic rings. The normalized spacial score (nSPS) is 12.4. The van der Waals surface area contributed by atoms with E-state index in [0.717, 1.165) is 5.56 Å². The third kappa shape index (κ3) is 6.76. The van der Waals surface area contributed by atoms with Crippen LogP contribution in [0.3, 0.4) is 0 Å². The van der Waals surface area contributed by atoms with Crippen molar-refractivity contribution in [2.24, 2.45) is 0 Å². The highest BCUT2D eigenvalue weighted by Gasteiger charge is 2.27. The number of rotatable bonds is 7. The highest BCUT2D eigenvalue weighted by molar-refractivity contribution is 7.92. The second-order valence-electron chi connectivity index (χ2n) is 4.37. The molecule has 0 aliphatic heterocycles. The molecule has 0 spiro atoms. The first-order valence-corrected chi connectivity index (χ1v) is 7.68. The fourth-order valence-electron chi connectivity index (χ4n) is 1.59. The summed E-state index contributed by atoms with van der Waals surface area (Å²) in [5.41, 5.74) is 1.32. The zero-order valence-corrected chi connectivity index (χ0v) is 11.8. The fraction of sp³-hybridized carbons (Fsp3) is 0.500. The predicted octanol–water partition coefficient (Wildman–Crippen LogP) is 2.49. The van der Waals surface area contributed by atoms with E-state index < -0.39 is 34.8 Å². The molecular weight excluding hydrogens is 293 g/mol. The van der Waals surface area contributed by atoms with Crippen molar-refractivity contribution in [2.45, 2.75) is 25.6 Å². The highest BCUT2D eigenvalue weighted by atomic mass is 32.2. The molecule has 0 bridgehead atoms. The molecular formula is C12H17F3N2O2S. The molecule has 0 unspecified atom stereocenters. The second kappa shape index (κ2) is 6.94. The third-order valence-corrected chi connectivity index (χ3v) is 3.85.